The largest absolute Gasteiger partial charge is 0.496 e. The minimum atomic E-state index is -1.10. The first-order valence-electron chi connectivity index (χ1n) is 5.37. The van der Waals surface area contributed by atoms with Crippen LogP contribution in [0, 0.1) is 0 Å². The average Bonchev–Trinajstić information content (AvgIpc) is 2.38. The first-order valence-corrected chi connectivity index (χ1v) is 6.17. The van der Waals surface area contributed by atoms with Crippen molar-refractivity contribution in [3.63, 3.8) is 0 Å². The van der Waals surface area contributed by atoms with Crippen molar-refractivity contribution in [2.45, 2.75) is 19.0 Å². The standard InChI is InChI=1S/C12H12BrNO4/c1-18-11-3-2-10(13)8-4-7(6-15)14(12(16)17)5-9(8)11/h2-3,6-7H,4-5H2,1H3,(H,16,17)/t7-/m1/s1. The number of carbonyl (C=O) groups is 2. The maximum absolute atomic E-state index is 11.1. The van der Waals surface area contributed by atoms with Crippen LogP contribution in [0.5, 0.6) is 5.75 Å². The van der Waals surface area contributed by atoms with Gasteiger partial charge < -0.3 is 14.6 Å². The van der Waals surface area contributed by atoms with Gasteiger partial charge in [0.05, 0.1) is 19.7 Å². The van der Waals surface area contributed by atoms with Gasteiger partial charge in [0, 0.05) is 16.5 Å². The number of carbonyl (C=O) groups excluding carboxylic acids is 1. The molecule has 0 spiro atoms. The second-order valence-electron chi connectivity index (χ2n) is 4.02. The highest BCUT2D eigenvalue weighted by Crippen LogP contribution is 2.35. The molecule has 96 valence electrons. The van der Waals surface area contributed by atoms with E-state index in [2.05, 4.69) is 15.9 Å². The summed E-state index contributed by atoms with van der Waals surface area (Å²) in [4.78, 5) is 23.3. The fraction of sp³-hybridized carbons (Fsp3) is 0.333. The highest BCUT2D eigenvalue weighted by Gasteiger charge is 2.32. The van der Waals surface area contributed by atoms with Crippen LogP contribution in [-0.4, -0.2) is 35.5 Å². The molecule has 0 fully saturated rings. The third-order valence-electron chi connectivity index (χ3n) is 3.10. The lowest BCUT2D eigenvalue weighted by Crippen LogP contribution is -2.44. The number of carboxylic acid groups (broad SMARTS) is 1. The molecule has 0 saturated carbocycles. The summed E-state index contributed by atoms with van der Waals surface area (Å²) in [5.41, 5.74) is 1.75. The van der Waals surface area contributed by atoms with E-state index in [1.165, 1.54) is 0 Å². The second kappa shape index (κ2) is 4.97. The molecule has 1 aliphatic heterocycles. The quantitative estimate of drug-likeness (QED) is 0.849. The van der Waals surface area contributed by atoms with Crippen molar-refractivity contribution in [2.24, 2.45) is 0 Å². The van der Waals surface area contributed by atoms with Crippen LogP contribution >= 0.6 is 15.9 Å². The number of aldehydes is 1. The van der Waals surface area contributed by atoms with Gasteiger partial charge in [-0.3, -0.25) is 4.90 Å². The van der Waals surface area contributed by atoms with Crippen LogP contribution in [0.1, 0.15) is 11.1 Å². The van der Waals surface area contributed by atoms with Crippen molar-refractivity contribution in [1.29, 1.82) is 0 Å². The van der Waals surface area contributed by atoms with E-state index in [-0.39, 0.29) is 6.54 Å². The number of amides is 1. The number of hydrogen-bond donors (Lipinski definition) is 1. The van der Waals surface area contributed by atoms with Gasteiger partial charge in [-0.25, -0.2) is 4.79 Å². The Kier molecular flexibility index (Phi) is 3.56. The molecule has 1 aliphatic rings. The molecule has 1 atom stereocenters. The van der Waals surface area contributed by atoms with E-state index in [9.17, 15) is 9.59 Å². The molecule has 0 saturated heterocycles. The predicted molar refractivity (Wildman–Crippen MR) is 67.8 cm³/mol. The molecule has 1 aromatic carbocycles. The Morgan fingerprint density at radius 1 is 1.56 bits per heavy atom. The molecule has 1 N–H and O–H groups in total. The van der Waals surface area contributed by atoms with Crippen LogP contribution in [-0.2, 0) is 17.8 Å². The summed E-state index contributed by atoms with van der Waals surface area (Å²) in [6.07, 6.45) is -0.0638. The number of methoxy groups -OCH3 is 1. The minimum absolute atomic E-state index is 0.163. The molecule has 0 aliphatic carbocycles. The van der Waals surface area contributed by atoms with Gasteiger partial charge in [-0.2, -0.15) is 0 Å². The summed E-state index contributed by atoms with van der Waals surface area (Å²) in [5.74, 6) is 0.642. The van der Waals surface area contributed by atoms with Crippen molar-refractivity contribution < 1.29 is 19.4 Å². The normalized spacial score (nSPS) is 18.1. The number of halogens is 1. The number of nitrogens with zero attached hydrogens (tertiary/aromatic N) is 1. The zero-order valence-corrected chi connectivity index (χ0v) is 11.3. The topological polar surface area (TPSA) is 66.8 Å². The van der Waals surface area contributed by atoms with Crippen molar-refractivity contribution in [2.75, 3.05) is 7.11 Å². The zero-order valence-electron chi connectivity index (χ0n) is 9.72. The van der Waals surface area contributed by atoms with E-state index >= 15 is 0 Å². The number of hydrogen-bond acceptors (Lipinski definition) is 3. The molecule has 18 heavy (non-hydrogen) atoms. The average molecular weight is 314 g/mol. The number of fused-ring (bicyclic) bond motifs is 1. The summed E-state index contributed by atoms with van der Waals surface area (Å²) in [7, 11) is 1.54. The highest BCUT2D eigenvalue weighted by molar-refractivity contribution is 9.10. The molecule has 2 rings (SSSR count). The minimum Gasteiger partial charge on any atom is -0.496 e. The lowest BCUT2D eigenvalue weighted by molar-refractivity contribution is -0.112. The Balaban J connectivity index is 2.50. The van der Waals surface area contributed by atoms with Crippen LogP contribution < -0.4 is 4.74 Å². The van der Waals surface area contributed by atoms with Crippen molar-refractivity contribution in [1.82, 2.24) is 4.90 Å². The maximum atomic E-state index is 11.1. The summed E-state index contributed by atoms with van der Waals surface area (Å²) >= 11 is 3.42. The Morgan fingerprint density at radius 2 is 2.28 bits per heavy atom. The van der Waals surface area contributed by atoms with Crippen LogP contribution in [0.25, 0.3) is 0 Å². The summed E-state index contributed by atoms with van der Waals surface area (Å²) in [6.45, 7) is 0.163. The smallest absolute Gasteiger partial charge is 0.408 e. The number of ether oxygens (including phenoxy) is 1. The van der Waals surface area contributed by atoms with Crippen molar-refractivity contribution >= 4 is 28.3 Å². The second-order valence-corrected chi connectivity index (χ2v) is 4.88. The van der Waals surface area contributed by atoms with Gasteiger partial charge in [-0.15, -0.1) is 0 Å². The van der Waals surface area contributed by atoms with Gasteiger partial charge >= 0.3 is 6.09 Å². The zero-order chi connectivity index (χ0) is 13.3. The molecule has 1 amide bonds. The van der Waals surface area contributed by atoms with Crippen LogP contribution in [0.4, 0.5) is 4.79 Å². The predicted octanol–water partition coefficient (Wildman–Crippen LogP) is 2.06. The molecular formula is C12H12BrNO4. The lowest BCUT2D eigenvalue weighted by atomic mass is 9.94. The van der Waals surface area contributed by atoms with E-state index < -0.39 is 12.1 Å². The Hall–Kier alpha value is -1.56. The van der Waals surface area contributed by atoms with Crippen LogP contribution in [0.15, 0.2) is 16.6 Å². The van der Waals surface area contributed by atoms with Gasteiger partial charge in [0.2, 0.25) is 0 Å². The van der Waals surface area contributed by atoms with E-state index in [4.69, 9.17) is 9.84 Å². The van der Waals surface area contributed by atoms with E-state index in [1.54, 1.807) is 13.2 Å². The molecule has 0 bridgehead atoms. The first-order chi connectivity index (χ1) is 8.58. The molecule has 0 radical (unpaired) electrons. The SMILES string of the molecule is COc1ccc(Br)c2c1CN(C(=O)O)[C@@H](C=O)C2. The van der Waals surface area contributed by atoms with E-state index in [0.29, 0.717) is 18.5 Å². The molecular weight excluding hydrogens is 302 g/mol. The Bertz CT molecular complexity index is 503. The van der Waals surface area contributed by atoms with Gasteiger partial charge in [-0.1, -0.05) is 15.9 Å². The first kappa shape index (κ1) is 12.9. The monoisotopic (exact) mass is 313 g/mol. The van der Waals surface area contributed by atoms with E-state index in [0.717, 1.165) is 20.5 Å². The van der Waals surface area contributed by atoms with Gasteiger partial charge in [0.1, 0.15) is 12.0 Å². The maximum Gasteiger partial charge on any atom is 0.408 e. The summed E-state index contributed by atoms with van der Waals surface area (Å²) in [6, 6.07) is 2.98. The van der Waals surface area contributed by atoms with Gasteiger partial charge in [0.15, 0.2) is 0 Å². The van der Waals surface area contributed by atoms with E-state index in [1.807, 2.05) is 6.07 Å². The fourth-order valence-corrected chi connectivity index (χ4v) is 2.70. The van der Waals surface area contributed by atoms with Crippen LogP contribution in [0.2, 0.25) is 0 Å². The third-order valence-corrected chi connectivity index (χ3v) is 3.84. The highest BCUT2D eigenvalue weighted by atomic mass is 79.9. The molecule has 0 aromatic heterocycles. The molecule has 1 aromatic rings. The third kappa shape index (κ3) is 2.08. The van der Waals surface area contributed by atoms with Crippen molar-refractivity contribution in [3.05, 3.63) is 27.7 Å². The number of rotatable bonds is 2. The number of benzene rings is 1. The van der Waals surface area contributed by atoms with Crippen LogP contribution in [0.3, 0.4) is 0 Å². The lowest BCUT2D eigenvalue weighted by Gasteiger charge is -2.33. The van der Waals surface area contributed by atoms with Gasteiger partial charge in [-0.05, 0) is 17.7 Å². The molecule has 5 nitrogen and oxygen atoms in total. The Labute approximate surface area is 112 Å². The van der Waals surface area contributed by atoms with Gasteiger partial charge in [0.25, 0.3) is 0 Å². The molecule has 6 heteroatoms. The summed E-state index contributed by atoms with van der Waals surface area (Å²) < 4.78 is 6.11. The Morgan fingerprint density at radius 3 is 2.83 bits per heavy atom. The summed E-state index contributed by atoms with van der Waals surface area (Å²) in [5, 5.41) is 9.11. The fourth-order valence-electron chi connectivity index (χ4n) is 2.17. The van der Waals surface area contributed by atoms with Crippen molar-refractivity contribution in [3.8, 4) is 5.75 Å². The molecule has 0 unspecified atom stereocenters. The molecule has 1 heterocycles.